The number of anilines is 2. The molecule has 7 heteroatoms. The zero-order valence-electron chi connectivity index (χ0n) is 13.6. The highest BCUT2D eigenvalue weighted by Gasteiger charge is 2.23. The van der Waals surface area contributed by atoms with Gasteiger partial charge >= 0.3 is 5.97 Å². The molecule has 0 bridgehead atoms. The van der Waals surface area contributed by atoms with Crippen molar-refractivity contribution in [1.29, 1.82) is 0 Å². The van der Waals surface area contributed by atoms with Crippen LogP contribution in [0.3, 0.4) is 0 Å². The second-order valence-corrected chi connectivity index (χ2v) is 5.85. The van der Waals surface area contributed by atoms with Gasteiger partial charge in [-0.1, -0.05) is 0 Å². The van der Waals surface area contributed by atoms with E-state index in [0.29, 0.717) is 17.3 Å². The summed E-state index contributed by atoms with van der Waals surface area (Å²) in [6.07, 6.45) is 6.28. The number of pyridine rings is 1. The fourth-order valence-corrected chi connectivity index (χ4v) is 2.85. The molecule has 1 unspecified atom stereocenters. The summed E-state index contributed by atoms with van der Waals surface area (Å²) in [5.74, 6) is -0.391. The van der Waals surface area contributed by atoms with E-state index < -0.39 is 5.97 Å². The summed E-state index contributed by atoms with van der Waals surface area (Å²) in [6.45, 7) is 4.04. The number of aromatic nitrogens is 3. The van der Waals surface area contributed by atoms with Crippen LogP contribution in [-0.2, 0) is 4.74 Å². The van der Waals surface area contributed by atoms with Crippen LogP contribution in [0.15, 0.2) is 24.7 Å². The maximum atomic E-state index is 11.8. The topological polar surface area (TPSA) is 72.3 Å². The van der Waals surface area contributed by atoms with Gasteiger partial charge in [-0.25, -0.2) is 4.79 Å². The molecule has 7 nitrogen and oxygen atoms in total. The summed E-state index contributed by atoms with van der Waals surface area (Å²) in [5, 5.41) is 7.86. The summed E-state index contributed by atoms with van der Waals surface area (Å²) in [4.78, 5) is 18.2. The van der Waals surface area contributed by atoms with Crippen LogP contribution < -0.4 is 5.32 Å². The number of hydrogen-bond acceptors (Lipinski definition) is 6. The maximum absolute atomic E-state index is 11.8. The number of carbonyl (C=O) groups is 1. The molecule has 2 aromatic rings. The first-order valence-electron chi connectivity index (χ1n) is 7.62. The highest BCUT2D eigenvalue weighted by Crippen LogP contribution is 2.26. The van der Waals surface area contributed by atoms with Gasteiger partial charge in [-0.05, 0) is 33.0 Å². The zero-order valence-corrected chi connectivity index (χ0v) is 13.6. The highest BCUT2D eigenvalue weighted by atomic mass is 16.5. The van der Waals surface area contributed by atoms with E-state index in [1.807, 2.05) is 17.8 Å². The first kappa shape index (κ1) is 15.5. The lowest BCUT2D eigenvalue weighted by Gasteiger charge is -2.11. The van der Waals surface area contributed by atoms with Gasteiger partial charge in [0.05, 0.1) is 42.0 Å². The molecule has 2 aromatic heterocycles. The Bertz CT molecular complexity index is 712. The average Bonchev–Trinajstić information content (AvgIpc) is 3.14. The first-order valence-corrected chi connectivity index (χ1v) is 7.62. The van der Waals surface area contributed by atoms with Crippen LogP contribution in [0.2, 0.25) is 0 Å². The summed E-state index contributed by atoms with van der Waals surface area (Å²) < 4.78 is 6.82. The molecule has 0 saturated carbocycles. The molecular weight excluding hydrogens is 294 g/mol. The van der Waals surface area contributed by atoms with Gasteiger partial charge in [0.2, 0.25) is 0 Å². The van der Waals surface area contributed by atoms with Gasteiger partial charge < -0.3 is 15.0 Å². The largest absolute Gasteiger partial charge is 0.465 e. The van der Waals surface area contributed by atoms with E-state index in [1.54, 1.807) is 18.5 Å². The lowest BCUT2D eigenvalue weighted by molar-refractivity contribution is 0.0602. The Labute approximate surface area is 135 Å². The molecule has 1 atom stereocenters. The molecule has 0 aromatic carbocycles. The van der Waals surface area contributed by atoms with E-state index in [-0.39, 0.29) is 0 Å². The Kier molecular flexibility index (Phi) is 4.29. The Balaban J connectivity index is 1.84. The molecule has 1 aliphatic heterocycles. The average molecular weight is 315 g/mol. The lowest BCUT2D eigenvalue weighted by atomic mass is 10.2. The third-order valence-corrected chi connectivity index (χ3v) is 4.15. The number of rotatable bonds is 4. The molecular formula is C16H21N5O2. The normalized spacial score (nSPS) is 18.1. The minimum Gasteiger partial charge on any atom is -0.465 e. The molecule has 1 N–H and O–H groups in total. The van der Waals surface area contributed by atoms with Crippen molar-refractivity contribution in [2.75, 3.05) is 32.6 Å². The number of likely N-dealkylation sites (N-methyl/N-ethyl adjacent to an activating group) is 1. The Morgan fingerprint density at radius 1 is 1.43 bits per heavy atom. The number of carbonyl (C=O) groups excluding carboxylic acids is 1. The van der Waals surface area contributed by atoms with E-state index in [2.05, 4.69) is 27.3 Å². The predicted molar refractivity (Wildman–Crippen MR) is 87.0 cm³/mol. The minimum atomic E-state index is -0.391. The number of esters is 1. The van der Waals surface area contributed by atoms with Crippen LogP contribution in [0.1, 0.15) is 28.5 Å². The van der Waals surface area contributed by atoms with Crippen LogP contribution in [0, 0.1) is 6.92 Å². The van der Waals surface area contributed by atoms with Gasteiger partial charge in [-0.15, -0.1) is 0 Å². The predicted octanol–water partition coefficient (Wildman–Crippen LogP) is 1.99. The second-order valence-electron chi connectivity index (χ2n) is 5.85. The smallest absolute Gasteiger partial charge is 0.340 e. The maximum Gasteiger partial charge on any atom is 0.340 e. The number of nitrogens with one attached hydrogen (secondary N) is 1. The Hall–Kier alpha value is -2.41. The van der Waals surface area contributed by atoms with Crippen molar-refractivity contribution >= 4 is 17.3 Å². The summed E-state index contributed by atoms with van der Waals surface area (Å²) in [7, 11) is 3.49. The van der Waals surface area contributed by atoms with Gasteiger partial charge in [0.25, 0.3) is 0 Å². The quantitative estimate of drug-likeness (QED) is 0.870. The molecule has 1 fully saturated rings. The molecule has 1 saturated heterocycles. The van der Waals surface area contributed by atoms with Crippen molar-refractivity contribution in [2.24, 2.45) is 0 Å². The van der Waals surface area contributed by atoms with Gasteiger partial charge in [0.1, 0.15) is 0 Å². The number of hydrogen-bond donors (Lipinski definition) is 1. The molecule has 3 rings (SSSR count). The number of likely N-dealkylation sites (tertiary alicyclic amines) is 1. The SMILES string of the molecule is COC(=O)c1ccncc1Nc1cn(C2CCN(C)C2)nc1C. The van der Waals surface area contributed by atoms with Crippen LogP contribution in [0.5, 0.6) is 0 Å². The molecule has 0 radical (unpaired) electrons. The standard InChI is InChI=1S/C16H21N5O2/c1-11-15(10-21(19-11)12-5-7-20(2)9-12)18-14-8-17-6-4-13(14)16(22)23-3/h4,6,8,10,12,18H,5,7,9H2,1-3H3. The second kappa shape index (κ2) is 6.37. The molecule has 0 spiro atoms. The van der Waals surface area contributed by atoms with Crippen molar-refractivity contribution in [2.45, 2.75) is 19.4 Å². The summed E-state index contributed by atoms with van der Waals surface area (Å²) >= 11 is 0. The van der Waals surface area contributed by atoms with E-state index in [0.717, 1.165) is 30.9 Å². The molecule has 1 aliphatic rings. The van der Waals surface area contributed by atoms with Crippen molar-refractivity contribution in [3.8, 4) is 0 Å². The van der Waals surface area contributed by atoms with Gasteiger partial charge in [0.15, 0.2) is 0 Å². The zero-order chi connectivity index (χ0) is 16.4. The molecule has 23 heavy (non-hydrogen) atoms. The van der Waals surface area contributed by atoms with E-state index >= 15 is 0 Å². The third-order valence-electron chi connectivity index (χ3n) is 4.15. The van der Waals surface area contributed by atoms with Crippen molar-refractivity contribution in [1.82, 2.24) is 19.7 Å². The Morgan fingerprint density at radius 2 is 2.26 bits per heavy atom. The van der Waals surface area contributed by atoms with Crippen molar-refractivity contribution < 1.29 is 9.53 Å². The van der Waals surface area contributed by atoms with Crippen LogP contribution in [0.25, 0.3) is 0 Å². The number of methoxy groups -OCH3 is 1. The fourth-order valence-electron chi connectivity index (χ4n) is 2.85. The summed E-state index contributed by atoms with van der Waals surface area (Å²) in [5.41, 5.74) is 2.83. The van der Waals surface area contributed by atoms with E-state index in [4.69, 9.17) is 4.74 Å². The van der Waals surface area contributed by atoms with Crippen LogP contribution in [-0.4, -0.2) is 52.9 Å². The van der Waals surface area contributed by atoms with E-state index in [1.165, 1.54) is 7.11 Å². The molecule has 0 amide bonds. The van der Waals surface area contributed by atoms with Crippen LogP contribution in [0.4, 0.5) is 11.4 Å². The van der Waals surface area contributed by atoms with Gasteiger partial charge in [-0.2, -0.15) is 5.10 Å². The minimum absolute atomic E-state index is 0.391. The van der Waals surface area contributed by atoms with Crippen LogP contribution >= 0.6 is 0 Å². The lowest BCUT2D eigenvalue weighted by Crippen LogP contribution is -2.16. The van der Waals surface area contributed by atoms with Gasteiger partial charge in [0, 0.05) is 18.9 Å². The summed E-state index contributed by atoms with van der Waals surface area (Å²) in [6, 6.07) is 2.03. The van der Waals surface area contributed by atoms with E-state index in [9.17, 15) is 4.79 Å². The fraction of sp³-hybridized carbons (Fsp3) is 0.438. The number of nitrogens with zero attached hydrogens (tertiary/aromatic N) is 4. The number of ether oxygens (including phenoxy) is 1. The molecule has 3 heterocycles. The van der Waals surface area contributed by atoms with Crippen molar-refractivity contribution in [3.05, 3.63) is 35.9 Å². The first-order chi connectivity index (χ1) is 11.1. The number of aryl methyl sites for hydroxylation is 1. The molecule has 122 valence electrons. The highest BCUT2D eigenvalue weighted by molar-refractivity contribution is 5.96. The van der Waals surface area contributed by atoms with Gasteiger partial charge in [-0.3, -0.25) is 9.67 Å². The Morgan fingerprint density at radius 3 is 2.96 bits per heavy atom. The van der Waals surface area contributed by atoms with Crippen molar-refractivity contribution in [3.63, 3.8) is 0 Å². The molecule has 0 aliphatic carbocycles. The monoisotopic (exact) mass is 315 g/mol. The third kappa shape index (κ3) is 3.19.